The molecule has 0 saturated carbocycles. The fraction of sp³-hybridized carbons (Fsp3) is 0.267. The number of nitrogens with zero attached hydrogens (tertiary/aromatic N) is 1. The molecule has 0 saturated heterocycles. The average Bonchev–Trinajstić information content (AvgIpc) is 2.36. The van der Waals surface area contributed by atoms with E-state index >= 15 is 0 Å². The maximum atomic E-state index is 5.88. The van der Waals surface area contributed by atoms with Crippen molar-refractivity contribution >= 4 is 10.8 Å². The van der Waals surface area contributed by atoms with Gasteiger partial charge < -0.3 is 5.73 Å². The lowest BCUT2D eigenvalue weighted by Crippen LogP contribution is -2.16. The van der Waals surface area contributed by atoms with Crippen LogP contribution in [0.5, 0.6) is 0 Å². The Balaban J connectivity index is 2.36. The highest BCUT2D eigenvalue weighted by molar-refractivity contribution is 5.87. The van der Waals surface area contributed by atoms with E-state index in [9.17, 15) is 0 Å². The van der Waals surface area contributed by atoms with E-state index < -0.39 is 0 Å². The predicted molar refractivity (Wildman–Crippen MR) is 71.5 cm³/mol. The number of hydrogen-bond donors (Lipinski definition) is 1. The number of nitrogens with two attached hydrogens (primary N) is 1. The maximum Gasteiger partial charge on any atom is 0.0668 e. The summed E-state index contributed by atoms with van der Waals surface area (Å²) in [4.78, 5) is 4.19. The van der Waals surface area contributed by atoms with Crippen LogP contribution >= 0.6 is 0 Å². The summed E-state index contributed by atoms with van der Waals surface area (Å²) in [5, 5.41) is 2.25. The van der Waals surface area contributed by atoms with Gasteiger partial charge in [0.15, 0.2) is 0 Å². The summed E-state index contributed by atoms with van der Waals surface area (Å²) in [6.07, 6.45) is 5.65. The molecule has 1 atom stereocenters. The van der Waals surface area contributed by atoms with E-state index in [4.69, 9.17) is 5.73 Å². The molecule has 2 rings (SSSR count). The number of hydrogen-bond acceptors (Lipinski definition) is 2. The fourth-order valence-corrected chi connectivity index (χ4v) is 1.77. The molecular weight excluding hydrogens is 208 g/mol. The van der Waals surface area contributed by atoms with E-state index in [2.05, 4.69) is 29.8 Å². The summed E-state index contributed by atoms with van der Waals surface area (Å²) in [6, 6.07) is 8.08. The van der Waals surface area contributed by atoms with Crippen LogP contribution in [0.2, 0.25) is 0 Å². The smallest absolute Gasteiger partial charge is 0.0668 e. The first-order chi connectivity index (χ1) is 8.31. The van der Waals surface area contributed by atoms with Crippen molar-refractivity contribution in [3.8, 4) is 11.8 Å². The number of fused-ring (bicyclic) bond motifs is 1. The number of pyridine rings is 1. The first kappa shape index (κ1) is 11.6. The van der Waals surface area contributed by atoms with Gasteiger partial charge in [-0.2, -0.15) is 0 Å². The van der Waals surface area contributed by atoms with Crippen LogP contribution in [-0.4, -0.2) is 11.0 Å². The van der Waals surface area contributed by atoms with Crippen LogP contribution in [0.1, 0.15) is 25.3 Å². The Hall–Kier alpha value is -1.85. The van der Waals surface area contributed by atoms with Crippen LogP contribution in [0, 0.1) is 11.8 Å². The lowest BCUT2D eigenvalue weighted by Gasteiger charge is -2.01. The Kier molecular flexibility index (Phi) is 3.74. The second kappa shape index (κ2) is 5.47. The van der Waals surface area contributed by atoms with Crippen molar-refractivity contribution in [2.75, 3.05) is 0 Å². The zero-order valence-electron chi connectivity index (χ0n) is 9.98. The van der Waals surface area contributed by atoms with E-state index in [0.29, 0.717) is 0 Å². The summed E-state index contributed by atoms with van der Waals surface area (Å²) < 4.78 is 0. The molecule has 2 heteroatoms. The molecule has 0 radical (unpaired) electrons. The van der Waals surface area contributed by atoms with Crippen LogP contribution in [0.15, 0.2) is 36.7 Å². The molecule has 0 bridgehead atoms. The van der Waals surface area contributed by atoms with Gasteiger partial charge in [-0.05, 0) is 6.42 Å². The van der Waals surface area contributed by atoms with E-state index in [0.717, 1.165) is 29.2 Å². The second-order valence-electron chi connectivity index (χ2n) is 4.07. The van der Waals surface area contributed by atoms with Crippen LogP contribution in [0.3, 0.4) is 0 Å². The largest absolute Gasteiger partial charge is 0.318 e. The Bertz CT molecular complexity index is 558. The quantitative estimate of drug-likeness (QED) is 0.797. The van der Waals surface area contributed by atoms with Crippen molar-refractivity contribution < 1.29 is 0 Å². The Morgan fingerprint density at radius 1 is 1.29 bits per heavy atom. The first-order valence-electron chi connectivity index (χ1n) is 5.91. The third-order valence-electron chi connectivity index (χ3n) is 2.66. The second-order valence-corrected chi connectivity index (χ2v) is 4.07. The van der Waals surface area contributed by atoms with E-state index in [1.165, 1.54) is 0 Å². The van der Waals surface area contributed by atoms with Gasteiger partial charge in [-0.15, -0.1) is 0 Å². The van der Waals surface area contributed by atoms with Gasteiger partial charge in [0.25, 0.3) is 0 Å². The molecule has 86 valence electrons. The molecule has 1 aromatic heterocycles. The van der Waals surface area contributed by atoms with Gasteiger partial charge in [-0.3, -0.25) is 4.98 Å². The highest BCUT2D eigenvalue weighted by atomic mass is 14.6. The van der Waals surface area contributed by atoms with Gasteiger partial charge in [-0.25, -0.2) is 0 Å². The Labute approximate surface area is 102 Å². The number of benzene rings is 1. The lowest BCUT2D eigenvalue weighted by atomic mass is 10.1. The molecule has 0 spiro atoms. The average molecular weight is 224 g/mol. The first-order valence-corrected chi connectivity index (χ1v) is 5.91. The number of aromatic nitrogens is 1. The van der Waals surface area contributed by atoms with E-state index in [1.807, 2.05) is 24.4 Å². The Morgan fingerprint density at radius 3 is 2.94 bits per heavy atom. The van der Waals surface area contributed by atoms with Gasteiger partial charge >= 0.3 is 0 Å². The Morgan fingerprint density at radius 2 is 2.12 bits per heavy atom. The van der Waals surface area contributed by atoms with Gasteiger partial charge in [0.1, 0.15) is 0 Å². The molecule has 0 fully saturated rings. The molecular formula is C15H16N2. The highest BCUT2D eigenvalue weighted by Crippen LogP contribution is 2.15. The third kappa shape index (κ3) is 2.83. The SMILES string of the molecule is CCCC(N)C#Cc1cncc2ccccc12. The molecule has 17 heavy (non-hydrogen) atoms. The molecule has 1 aromatic carbocycles. The van der Waals surface area contributed by atoms with Crippen LogP contribution in [-0.2, 0) is 0 Å². The van der Waals surface area contributed by atoms with Gasteiger partial charge in [0.2, 0.25) is 0 Å². The van der Waals surface area contributed by atoms with E-state index in [-0.39, 0.29) is 6.04 Å². The normalized spacial score (nSPS) is 11.9. The zero-order valence-corrected chi connectivity index (χ0v) is 9.98. The molecule has 0 aliphatic heterocycles. The van der Waals surface area contributed by atoms with Crippen molar-refractivity contribution in [2.45, 2.75) is 25.8 Å². The van der Waals surface area contributed by atoms with Crippen molar-refractivity contribution in [1.29, 1.82) is 0 Å². The van der Waals surface area contributed by atoms with Gasteiger partial charge in [0, 0.05) is 23.2 Å². The van der Waals surface area contributed by atoms with Crippen molar-refractivity contribution in [1.82, 2.24) is 4.98 Å². The minimum Gasteiger partial charge on any atom is -0.318 e. The summed E-state index contributed by atoms with van der Waals surface area (Å²) in [5.41, 5.74) is 6.84. The summed E-state index contributed by atoms with van der Waals surface area (Å²) >= 11 is 0. The molecule has 2 aromatic rings. The van der Waals surface area contributed by atoms with Gasteiger partial charge in [0.05, 0.1) is 11.6 Å². The lowest BCUT2D eigenvalue weighted by molar-refractivity contribution is 0.720. The molecule has 0 amide bonds. The minimum atomic E-state index is -0.0426. The fourth-order valence-electron chi connectivity index (χ4n) is 1.77. The molecule has 2 N–H and O–H groups in total. The molecule has 0 aliphatic rings. The van der Waals surface area contributed by atoms with Crippen molar-refractivity contribution in [3.63, 3.8) is 0 Å². The summed E-state index contributed by atoms with van der Waals surface area (Å²) in [6.45, 7) is 2.11. The molecule has 0 aliphatic carbocycles. The van der Waals surface area contributed by atoms with Crippen LogP contribution < -0.4 is 5.73 Å². The monoisotopic (exact) mass is 224 g/mol. The number of rotatable bonds is 2. The van der Waals surface area contributed by atoms with Crippen molar-refractivity contribution in [2.24, 2.45) is 5.73 Å². The zero-order chi connectivity index (χ0) is 12.1. The highest BCUT2D eigenvalue weighted by Gasteiger charge is 1.98. The topological polar surface area (TPSA) is 38.9 Å². The van der Waals surface area contributed by atoms with E-state index in [1.54, 1.807) is 6.20 Å². The van der Waals surface area contributed by atoms with Crippen LogP contribution in [0.4, 0.5) is 0 Å². The maximum absolute atomic E-state index is 5.88. The van der Waals surface area contributed by atoms with Crippen LogP contribution in [0.25, 0.3) is 10.8 Å². The summed E-state index contributed by atoms with van der Waals surface area (Å²) in [5.74, 6) is 6.21. The standard InChI is InChI=1S/C15H16N2/c1-2-5-14(16)9-8-13-11-17-10-12-6-3-4-7-15(12)13/h3-4,6-7,10-11,14H,2,5,16H2,1H3. The predicted octanol–water partition coefficient (Wildman–Crippen LogP) is 2.71. The van der Waals surface area contributed by atoms with Gasteiger partial charge in [-0.1, -0.05) is 49.5 Å². The molecule has 2 nitrogen and oxygen atoms in total. The molecule has 1 heterocycles. The minimum absolute atomic E-state index is 0.0426. The summed E-state index contributed by atoms with van der Waals surface area (Å²) in [7, 11) is 0. The third-order valence-corrected chi connectivity index (χ3v) is 2.66. The van der Waals surface area contributed by atoms with Crippen molar-refractivity contribution in [3.05, 3.63) is 42.2 Å². The molecule has 1 unspecified atom stereocenters.